The van der Waals surface area contributed by atoms with Gasteiger partial charge in [0.05, 0.1) is 12.3 Å². The van der Waals surface area contributed by atoms with Crippen molar-refractivity contribution in [3.8, 4) is 17.0 Å². The van der Waals surface area contributed by atoms with Crippen LogP contribution in [0, 0.1) is 0 Å². The molecule has 0 aliphatic heterocycles. The number of nitrogens with two attached hydrogens (primary N) is 1. The number of ether oxygens (including phenoxy) is 1. The third-order valence-electron chi connectivity index (χ3n) is 2.64. The average molecular weight is 260 g/mol. The number of aromatic nitrogens is 3. The molecular weight excluding hydrogens is 248 g/mol. The highest BCUT2D eigenvalue weighted by Crippen LogP contribution is 2.28. The van der Waals surface area contributed by atoms with E-state index in [1.165, 1.54) is 11.3 Å². The zero-order chi connectivity index (χ0) is 12.5. The van der Waals surface area contributed by atoms with Crippen molar-refractivity contribution in [2.24, 2.45) is 0 Å². The Hall–Kier alpha value is -2.08. The summed E-state index contributed by atoms with van der Waals surface area (Å²) in [5.41, 5.74) is 7.87. The number of nitrogens with zero attached hydrogens (tertiary/aromatic N) is 3. The van der Waals surface area contributed by atoms with Crippen molar-refractivity contribution in [3.63, 3.8) is 0 Å². The van der Waals surface area contributed by atoms with Gasteiger partial charge in [-0.05, 0) is 36.8 Å². The van der Waals surface area contributed by atoms with Crippen molar-refractivity contribution in [1.29, 1.82) is 0 Å². The summed E-state index contributed by atoms with van der Waals surface area (Å²) in [5.74, 6) is 1.28. The van der Waals surface area contributed by atoms with Gasteiger partial charge in [0, 0.05) is 5.38 Å². The molecular formula is C12H12N4OS. The Morgan fingerprint density at radius 3 is 2.78 bits per heavy atom. The Balaban J connectivity index is 2.05. The highest BCUT2D eigenvalue weighted by Gasteiger charge is 2.10. The maximum Gasteiger partial charge on any atom is 0.227 e. The Kier molecular flexibility index (Phi) is 2.64. The Morgan fingerprint density at radius 2 is 2.06 bits per heavy atom. The van der Waals surface area contributed by atoms with Crippen LogP contribution in [-0.2, 0) is 0 Å². The molecule has 0 bridgehead atoms. The Morgan fingerprint density at radius 1 is 1.28 bits per heavy atom. The largest absolute Gasteiger partial charge is 0.494 e. The first-order chi connectivity index (χ1) is 8.79. The summed E-state index contributed by atoms with van der Waals surface area (Å²) in [6.45, 7) is 2.63. The lowest BCUT2D eigenvalue weighted by Gasteiger charge is -2.04. The zero-order valence-corrected chi connectivity index (χ0v) is 10.6. The fraction of sp³-hybridized carbons (Fsp3) is 0.167. The molecule has 0 aliphatic rings. The minimum Gasteiger partial charge on any atom is -0.494 e. The van der Waals surface area contributed by atoms with E-state index in [9.17, 15) is 0 Å². The lowest BCUT2D eigenvalue weighted by atomic mass is 10.2. The Labute approximate surface area is 108 Å². The number of thiazole rings is 1. The molecule has 0 unspecified atom stereocenters. The van der Waals surface area contributed by atoms with Gasteiger partial charge in [-0.15, -0.1) is 21.5 Å². The van der Waals surface area contributed by atoms with E-state index in [-0.39, 0.29) is 0 Å². The van der Waals surface area contributed by atoms with Gasteiger partial charge in [0.1, 0.15) is 5.75 Å². The molecule has 5 nitrogen and oxygen atoms in total. The number of rotatable bonds is 3. The molecule has 92 valence electrons. The van der Waals surface area contributed by atoms with Crippen LogP contribution >= 0.6 is 11.3 Å². The number of fused-ring (bicyclic) bond motifs is 1. The van der Waals surface area contributed by atoms with Crippen molar-refractivity contribution >= 4 is 22.2 Å². The predicted molar refractivity (Wildman–Crippen MR) is 71.9 cm³/mol. The van der Waals surface area contributed by atoms with Gasteiger partial charge in [-0.25, -0.2) is 0 Å². The molecule has 3 aromatic rings. The van der Waals surface area contributed by atoms with Crippen LogP contribution in [0.5, 0.6) is 5.75 Å². The first-order valence-electron chi connectivity index (χ1n) is 5.61. The zero-order valence-electron chi connectivity index (χ0n) is 9.83. The molecule has 0 spiro atoms. The number of benzene rings is 1. The maximum atomic E-state index is 5.81. The summed E-state index contributed by atoms with van der Waals surface area (Å²) in [5, 5.41) is 9.88. The molecule has 0 amide bonds. The van der Waals surface area contributed by atoms with E-state index in [4.69, 9.17) is 10.5 Å². The average Bonchev–Trinajstić information content (AvgIpc) is 2.95. The first-order valence-corrected chi connectivity index (χ1v) is 6.49. The molecule has 1 aromatic carbocycles. The van der Waals surface area contributed by atoms with E-state index in [0.717, 1.165) is 22.0 Å². The van der Waals surface area contributed by atoms with Gasteiger partial charge in [-0.1, -0.05) is 0 Å². The van der Waals surface area contributed by atoms with Crippen LogP contribution in [0.1, 0.15) is 6.92 Å². The monoisotopic (exact) mass is 260 g/mol. The smallest absolute Gasteiger partial charge is 0.227 e. The molecule has 3 rings (SSSR count). The number of nitrogen functional groups attached to an aromatic ring is 1. The summed E-state index contributed by atoms with van der Waals surface area (Å²) < 4.78 is 7.27. The molecule has 2 N–H and O–H groups in total. The fourth-order valence-corrected chi connectivity index (χ4v) is 2.67. The molecule has 0 fully saturated rings. The molecule has 0 atom stereocenters. The quantitative estimate of drug-likeness (QED) is 0.785. The van der Waals surface area contributed by atoms with E-state index in [1.54, 1.807) is 0 Å². The molecule has 6 heteroatoms. The highest BCUT2D eigenvalue weighted by atomic mass is 32.1. The van der Waals surface area contributed by atoms with Gasteiger partial charge in [0.25, 0.3) is 0 Å². The van der Waals surface area contributed by atoms with Gasteiger partial charge in [-0.3, -0.25) is 4.40 Å². The minimum atomic E-state index is 0.412. The molecule has 0 saturated heterocycles. The topological polar surface area (TPSA) is 65.4 Å². The summed E-state index contributed by atoms with van der Waals surface area (Å²) >= 11 is 1.52. The SMILES string of the molecule is CCOc1ccc(-c2csc3nnc(N)n23)cc1. The van der Waals surface area contributed by atoms with Crippen LogP contribution in [0.2, 0.25) is 0 Å². The minimum absolute atomic E-state index is 0.412. The molecule has 2 heterocycles. The molecule has 18 heavy (non-hydrogen) atoms. The highest BCUT2D eigenvalue weighted by molar-refractivity contribution is 7.15. The van der Waals surface area contributed by atoms with E-state index in [2.05, 4.69) is 10.2 Å². The lowest BCUT2D eigenvalue weighted by molar-refractivity contribution is 0.340. The second-order valence-corrected chi connectivity index (χ2v) is 4.59. The molecule has 0 saturated carbocycles. The second-order valence-electron chi connectivity index (χ2n) is 3.75. The second kappa shape index (κ2) is 4.30. The standard InChI is InChI=1S/C12H12N4OS/c1-2-17-9-5-3-8(4-6-9)10-7-18-12-15-14-11(13)16(10)12/h3-7H,2H2,1H3,(H2,13,14). The van der Waals surface area contributed by atoms with Crippen LogP contribution in [0.25, 0.3) is 16.2 Å². The van der Waals surface area contributed by atoms with Crippen LogP contribution in [0.3, 0.4) is 0 Å². The lowest BCUT2D eigenvalue weighted by Crippen LogP contribution is -1.95. The summed E-state index contributed by atoms with van der Waals surface area (Å²) in [6.07, 6.45) is 0. The Bertz CT molecular complexity index is 671. The number of hydrogen-bond acceptors (Lipinski definition) is 5. The third-order valence-corrected chi connectivity index (χ3v) is 3.45. The van der Waals surface area contributed by atoms with Crippen LogP contribution in [-0.4, -0.2) is 21.2 Å². The molecule has 0 radical (unpaired) electrons. The van der Waals surface area contributed by atoms with Crippen molar-refractivity contribution in [2.45, 2.75) is 6.92 Å². The summed E-state index contributed by atoms with van der Waals surface area (Å²) in [7, 11) is 0. The molecule has 0 aliphatic carbocycles. The van der Waals surface area contributed by atoms with E-state index >= 15 is 0 Å². The molecule has 2 aromatic heterocycles. The van der Waals surface area contributed by atoms with Gasteiger partial charge in [-0.2, -0.15) is 0 Å². The van der Waals surface area contributed by atoms with Gasteiger partial charge in [0.2, 0.25) is 10.9 Å². The van der Waals surface area contributed by atoms with Crippen molar-refractivity contribution in [2.75, 3.05) is 12.3 Å². The van der Waals surface area contributed by atoms with Gasteiger partial charge < -0.3 is 10.5 Å². The van der Waals surface area contributed by atoms with Gasteiger partial charge in [0.15, 0.2) is 0 Å². The van der Waals surface area contributed by atoms with Crippen LogP contribution in [0.15, 0.2) is 29.6 Å². The maximum absolute atomic E-state index is 5.81. The van der Waals surface area contributed by atoms with E-state index < -0.39 is 0 Å². The predicted octanol–water partition coefficient (Wildman–Crippen LogP) is 2.44. The number of anilines is 1. The normalized spacial score (nSPS) is 10.9. The van der Waals surface area contributed by atoms with E-state index in [1.807, 2.05) is 41.0 Å². The van der Waals surface area contributed by atoms with Crippen molar-refractivity contribution in [3.05, 3.63) is 29.6 Å². The summed E-state index contributed by atoms with van der Waals surface area (Å²) in [6, 6.07) is 7.91. The number of hydrogen-bond donors (Lipinski definition) is 1. The fourth-order valence-electron chi connectivity index (χ4n) is 1.83. The van der Waals surface area contributed by atoms with Gasteiger partial charge >= 0.3 is 0 Å². The summed E-state index contributed by atoms with van der Waals surface area (Å²) in [4.78, 5) is 0.802. The first kappa shape index (κ1) is 11.0. The van der Waals surface area contributed by atoms with Crippen LogP contribution in [0.4, 0.5) is 5.95 Å². The third kappa shape index (κ3) is 1.70. The van der Waals surface area contributed by atoms with Crippen LogP contribution < -0.4 is 10.5 Å². The van der Waals surface area contributed by atoms with E-state index in [0.29, 0.717) is 12.6 Å². The van der Waals surface area contributed by atoms with Crippen molar-refractivity contribution in [1.82, 2.24) is 14.6 Å². The van der Waals surface area contributed by atoms with Crippen molar-refractivity contribution < 1.29 is 4.74 Å².